The summed E-state index contributed by atoms with van der Waals surface area (Å²) in [5.74, 6) is -0.600. The zero-order valence-corrected chi connectivity index (χ0v) is 20.2. The van der Waals surface area contributed by atoms with Crippen LogP contribution in [-0.4, -0.2) is 78.6 Å². The average molecular weight is 485 g/mol. The molecule has 4 rings (SSSR count). The van der Waals surface area contributed by atoms with Crippen molar-refractivity contribution in [1.82, 2.24) is 9.80 Å². The quantitative estimate of drug-likeness (QED) is 0.588. The number of hydrogen-bond acceptors (Lipinski definition) is 7. The van der Waals surface area contributed by atoms with Crippen LogP contribution in [0.3, 0.4) is 0 Å². The molecule has 0 bridgehead atoms. The molecular formula is C26H32N2O7. The first-order valence-corrected chi connectivity index (χ1v) is 11.8. The number of fused-ring (bicyclic) bond motifs is 1. The van der Waals surface area contributed by atoms with Gasteiger partial charge in [-0.1, -0.05) is 25.1 Å². The third-order valence-electron chi connectivity index (χ3n) is 6.70. The number of rotatable bonds is 8. The van der Waals surface area contributed by atoms with Crippen LogP contribution in [0.4, 0.5) is 0 Å². The summed E-state index contributed by atoms with van der Waals surface area (Å²) >= 11 is 0. The topological polar surface area (TPSA) is 109 Å². The zero-order chi connectivity index (χ0) is 25.1. The first kappa shape index (κ1) is 24.8. The Morgan fingerprint density at radius 3 is 2.51 bits per heavy atom. The second-order valence-electron chi connectivity index (χ2n) is 9.02. The highest BCUT2D eigenvalue weighted by Gasteiger charge is 2.48. The van der Waals surface area contributed by atoms with Gasteiger partial charge in [0.2, 0.25) is 12.2 Å². The van der Waals surface area contributed by atoms with E-state index in [2.05, 4.69) is 0 Å². The van der Waals surface area contributed by atoms with E-state index in [1.54, 1.807) is 49.4 Å². The molecule has 2 aliphatic rings. The number of nitrogens with zero attached hydrogens (tertiary/aromatic N) is 2. The molecule has 2 heterocycles. The van der Waals surface area contributed by atoms with Crippen molar-refractivity contribution in [1.29, 1.82) is 0 Å². The van der Waals surface area contributed by atoms with Gasteiger partial charge in [-0.25, -0.2) is 0 Å². The number of amides is 1. The van der Waals surface area contributed by atoms with E-state index in [4.69, 9.17) is 14.2 Å². The molecule has 0 aliphatic carbocycles. The molecular weight excluding hydrogens is 452 g/mol. The number of aliphatic hydroxyl groups is 1. The summed E-state index contributed by atoms with van der Waals surface area (Å²) in [6.45, 7) is 3.16. The summed E-state index contributed by atoms with van der Waals surface area (Å²) in [6.07, 6.45) is -0.191. The van der Waals surface area contributed by atoms with Crippen LogP contribution >= 0.6 is 0 Å². The molecule has 2 aliphatic heterocycles. The molecule has 1 amide bonds. The van der Waals surface area contributed by atoms with Crippen molar-refractivity contribution in [2.45, 2.75) is 31.6 Å². The van der Waals surface area contributed by atoms with Crippen LogP contribution < -0.4 is 14.2 Å². The van der Waals surface area contributed by atoms with Crippen molar-refractivity contribution in [3.63, 3.8) is 0 Å². The predicted molar refractivity (Wildman–Crippen MR) is 128 cm³/mol. The molecule has 2 aromatic carbocycles. The number of likely N-dealkylation sites (N-methyl/N-ethyl adjacent to an activating group) is 1. The Hall–Kier alpha value is -3.30. The number of carbonyl (C=O) groups excluding carboxylic acids is 1. The molecule has 1 saturated heterocycles. The first-order chi connectivity index (χ1) is 16.8. The van der Waals surface area contributed by atoms with Crippen molar-refractivity contribution in [2.75, 3.05) is 40.4 Å². The van der Waals surface area contributed by atoms with E-state index in [-0.39, 0.29) is 25.0 Å². The number of likely N-dealkylation sites (tertiary alicyclic amines) is 1. The molecule has 9 heteroatoms. The summed E-state index contributed by atoms with van der Waals surface area (Å²) < 4.78 is 16.3. The molecule has 0 spiro atoms. The minimum atomic E-state index is -1.03. The number of methoxy groups -OCH3 is 1. The van der Waals surface area contributed by atoms with Gasteiger partial charge in [0.1, 0.15) is 5.75 Å². The Morgan fingerprint density at radius 2 is 1.86 bits per heavy atom. The number of carbonyl (C=O) groups is 2. The molecule has 1 fully saturated rings. The molecule has 2 aromatic rings. The van der Waals surface area contributed by atoms with Crippen LogP contribution in [0.5, 0.6) is 17.2 Å². The van der Waals surface area contributed by atoms with Crippen LogP contribution in [0, 0.1) is 5.92 Å². The Kier molecular flexibility index (Phi) is 7.47. The minimum absolute atomic E-state index is 0.00232. The summed E-state index contributed by atoms with van der Waals surface area (Å²) in [7, 11) is 3.35. The highest BCUT2D eigenvalue weighted by molar-refractivity contribution is 5.79. The standard InChI is InChI=1S/C26H32N2O7/c1-4-11-27(2)22(29)14-28-13-19(17-7-10-20-21(12-17)34-15-23(30)35-20)24(26(31)32)25(28)16-5-8-18(33-3)9-6-16/h5-10,12,19,23-25,30H,4,11,13-15H2,1-3H3,(H,31,32). The van der Waals surface area contributed by atoms with Crippen molar-refractivity contribution in [3.8, 4) is 17.2 Å². The number of ether oxygens (including phenoxy) is 3. The second-order valence-corrected chi connectivity index (χ2v) is 9.02. The molecule has 9 nitrogen and oxygen atoms in total. The monoisotopic (exact) mass is 484 g/mol. The van der Waals surface area contributed by atoms with Crippen molar-refractivity contribution in [3.05, 3.63) is 53.6 Å². The van der Waals surface area contributed by atoms with Gasteiger partial charge in [-0.15, -0.1) is 0 Å². The first-order valence-electron chi connectivity index (χ1n) is 11.8. The van der Waals surface area contributed by atoms with E-state index in [0.717, 1.165) is 17.5 Å². The maximum atomic E-state index is 13.0. The van der Waals surface area contributed by atoms with Gasteiger partial charge in [-0.05, 0) is 41.8 Å². The largest absolute Gasteiger partial charge is 0.497 e. The van der Waals surface area contributed by atoms with Gasteiger partial charge in [0, 0.05) is 32.1 Å². The van der Waals surface area contributed by atoms with Crippen LogP contribution in [0.2, 0.25) is 0 Å². The number of hydrogen-bond donors (Lipinski definition) is 2. The molecule has 0 radical (unpaired) electrons. The van der Waals surface area contributed by atoms with Gasteiger partial charge in [-0.2, -0.15) is 0 Å². The molecule has 4 atom stereocenters. The van der Waals surface area contributed by atoms with Gasteiger partial charge in [0.05, 0.1) is 19.6 Å². The summed E-state index contributed by atoms with van der Waals surface area (Å²) in [5, 5.41) is 20.0. The van der Waals surface area contributed by atoms with E-state index >= 15 is 0 Å². The Balaban J connectivity index is 1.70. The van der Waals surface area contributed by atoms with Crippen LogP contribution in [0.1, 0.15) is 36.4 Å². The molecule has 35 heavy (non-hydrogen) atoms. The van der Waals surface area contributed by atoms with E-state index < -0.39 is 24.2 Å². The fraction of sp³-hybridized carbons (Fsp3) is 0.462. The zero-order valence-electron chi connectivity index (χ0n) is 20.2. The normalized spacial score (nSPS) is 23.7. The molecule has 0 saturated carbocycles. The number of carboxylic acid groups (broad SMARTS) is 1. The maximum absolute atomic E-state index is 13.0. The molecule has 4 unspecified atom stereocenters. The van der Waals surface area contributed by atoms with E-state index in [1.165, 1.54) is 0 Å². The number of carboxylic acids is 1. The number of aliphatic carboxylic acids is 1. The smallest absolute Gasteiger partial charge is 0.309 e. The number of benzene rings is 2. The van der Waals surface area contributed by atoms with Gasteiger partial charge < -0.3 is 29.3 Å². The Labute approximate surface area is 204 Å². The Morgan fingerprint density at radius 1 is 1.14 bits per heavy atom. The lowest BCUT2D eigenvalue weighted by atomic mass is 9.82. The lowest BCUT2D eigenvalue weighted by molar-refractivity contribution is -0.143. The van der Waals surface area contributed by atoms with Crippen LogP contribution in [-0.2, 0) is 9.59 Å². The van der Waals surface area contributed by atoms with E-state index in [9.17, 15) is 19.8 Å². The highest BCUT2D eigenvalue weighted by Crippen LogP contribution is 2.47. The van der Waals surface area contributed by atoms with Crippen molar-refractivity contribution in [2.24, 2.45) is 5.92 Å². The molecule has 188 valence electrons. The summed E-state index contributed by atoms with van der Waals surface area (Å²) in [5.41, 5.74) is 1.60. The minimum Gasteiger partial charge on any atom is -0.497 e. The second kappa shape index (κ2) is 10.5. The predicted octanol–water partition coefficient (Wildman–Crippen LogP) is 2.49. The lowest BCUT2D eigenvalue weighted by Crippen LogP contribution is -2.39. The van der Waals surface area contributed by atoms with Crippen molar-refractivity contribution >= 4 is 11.9 Å². The van der Waals surface area contributed by atoms with Crippen LogP contribution in [0.25, 0.3) is 0 Å². The van der Waals surface area contributed by atoms with Gasteiger partial charge in [-0.3, -0.25) is 14.5 Å². The van der Waals surface area contributed by atoms with Crippen LogP contribution in [0.15, 0.2) is 42.5 Å². The third-order valence-corrected chi connectivity index (χ3v) is 6.70. The maximum Gasteiger partial charge on any atom is 0.309 e. The van der Waals surface area contributed by atoms with Gasteiger partial charge in [0.15, 0.2) is 18.1 Å². The average Bonchev–Trinajstić information content (AvgIpc) is 3.23. The van der Waals surface area contributed by atoms with E-state index in [0.29, 0.717) is 30.3 Å². The van der Waals surface area contributed by atoms with Gasteiger partial charge in [0.25, 0.3) is 0 Å². The SMILES string of the molecule is CCCN(C)C(=O)CN1CC(c2ccc3c(c2)OCC(O)O3)C(C(=O)O)C1c1ccc(OC)cc1. The number of aliphatic hydroxyl groups excluding tert-OH is 1. The Bertz CT molecular complexity index is 1060. The summed E-state index contributed by atoms with van der Waals surface area (Å²) in [4.78, 5) is 29.3. The van der Waals surface area contributed by atoms with Gasteiger partial charge >= 0.3 is 5.97 Å². The molecule has 2 N–H and O–H groups in total. The fourth-order valence-electron chi connectivity index (χ4n) is 4.99. The molecule has 0 aromatic heterocycles. The highest BCUT2D eigenvalue weighted by atomic mass is 16.7. The van der Waals surface area contributed by atoms with Crippen molar-refractivity contribution < 1.29 is 34.0 Å². The lowest BCUT2D eigenvalue weighted by Gasteiger charge is -2.28. The fourth-order valence-corrected chi connectivity index (χ4v) is 4.99. The third kappa shape index (κ3) is 5.21. The van der Waals surface area contributed by atoms with E-state index in [1.807, 2.05) is 24.0 Å². The summed E-state index contributed by atoms with van der Waals surface area (Å²) in [6, 6.07) is 12.1.